The van der Waals surface area contributed by atoms with Gasteiger partial charge in [0, 0.05) is 35.5 Å². The van der Waals surface area contributed by atoms with Crippen LogP contribution >= 0.6 is 0 Å². The van der Waals surface area contributed by atoms with Gasteiger partial charge in [0.05, 0.1) is 0 Å². The van der Waals surface area contributed by atoms with Gasteiger partial charge in [0.1, 0.15) is 0 Å². The molecule has 0 radical (unpaired) electrons. The molecule has 43 heavy (non-hydrogen) atoms. The average Bonchev–Trinajstić information content (AvgIpc) is 3.09. The maximum absolute atomic E-state index is 2.32. The summed E-state index contributed by atoms with van der Waals surface area (Å²) in [6, 6.07) is 62.6. The molecule has 2 nitrogen and oxygen atoms in total. The Morgan fingerprint density at radius 3 is 1.49 bits per heavy atom. The second-order valence-electron chi connectivity index (χ2n) is 10.8. The van der Waals surface area contributed by atoms with E-state index in [9.17, 15) is 0 Å². The summed E-state index contributed by atoms with van der Waals surface area (Å²) in [7, 11) is 2.12. The van der Waals surface area contributed by atoms with Crippen molar-refractivity contribution < 1.29 is 0 Å². The zero-order valence-corrected chi connectivity index (χ0v) is 24.1. The normalized spacial score (nSPS) is 10.9. The van der Waals surface area contributed by atoms with Gasteiger partial charge in [-0.1, -0.05) is 115 Å². The van der Waals surface area contributed by atoms with Gasteiger partial charge in [-0.15, -0.1) is 0 Å². The monoisotopic (exact) mass is 552 g/mol. The summed E-state index contributed by atoms with van der Waals surface area (Å²) in [4.78, 5) is 4.55. The van der Waals surface area contributed by atoms with Crippen LogP contribution in [0.4, 0.5) is 28.4 Å². The van der Waals surface area contributed by atoms with Crippen molar-refractivity contribution >= 4 is 39.2 Å². The van der Waals surface area contributed by atoms with Crippen molar-refractivity contribution in [3.8, 4) is 22.3 Å². The molecule has 0 saturated heterocycles. The number of fused-ring (bicyclic) bond motifs is 1. The molecule has 0 aromatic heterocycles. The molecule has 0 heterocycles. The summed E-state index contributed by atoms with van der Waals surface area (Å²) in [6.07, 6.45) is 0. The SMILES string of the molecule is CN(c1ccc(-c2ccc(N(c3ccccc3)c3ccc4ccccc4c3)cc2)cc1)c1cccc(-c2ccccc2)c1. The molecular formula is C41H32N2. The first-order valence-corrected chi connectivity index (χ1v) is 14.7. The van der Waals surface area contributed by atoms with Crippen molar-refractivity contribution in [1.29, 1.82) is 0 Å². The Kier molecular flexibility index (Phi) is 7.17. The fourth-order valence-electron chi connectivity index (χ4n) is 5.69. The number of rotatable bonds is 7. The number of hydrogen-bond donors (Lipinski definition) is 0. The van der Waals surface area contributed by atoms with E-state index >= 15 is 0 Å². The third-order valence-electron chi connectivity index (χ3n) is 8.06. The molecule has 0 bridgehead atoms. The van der Waals surface area contributed by atoms with Crippen LogP contribution in [0, 0.1) is 0 Å². The van der Waals surface area contributed by atoms with Crippen LogP contribution in [0.3, 0.4) is 0 Å². The predicted octanol–water partition coefficient (Wildman–Crippen LogP) is 11.4. The number of para-hydroxylation sites is 1. The van der Waals surface area contributed by atoms with E-state index in [1.165, 1.54) is 33.0 Å². The van der Waals surface area contributed by atoms with Crippen LogP contribution in [0.25, 0.3) is 33.0 Å². The van der Waals surface area contributed by atoms with E-state index in [4.69, 9.17) is 0 Å². The summed E-state index contributed by atoms with van der Waals surface area (Å²) in [6.45, 7) is 0. The Hall–Kier alpha value is -5.60. The highest BCUT2D eigenvalue weighted by molar-refractivity contribution is 5.89. The average molecular weight is 553 g/mol. The van der Waals surface area contributed by atoms with E-state index < -0.39 is 0 Å². The summed E-state index contributed by atoms with van der Waals surface area (Å²) < 4.78 is 0. The van der Waals surface area contributed by atoms with Crippen molar-refractivity contribution in [1.82, 2.24) is 0 Å². The zero-order valence-electron chi connectivity index (χ0n) is 24.1. The fourth-order valence-corrected chi connectivity index (χ4v) is 5.69. The molecule has 0 atom stereocenters. The summed E-state index contributed by atoms with van der Waals surface area (Å²) in [5, 5.41) is 2.47. The van der Waals surface area contributed by atoms with E-state index in [1.54, 1.807) is 0 Å². The molecule has 0 aliphatic rings. The highest BCUT2D eigenvalue weighted by Crippen LogP contribution is 2.37. The molecule has 206 valence electrons. The molecule has 0 spiro atoms. The minimum Gasteiger partial charge on any atom is -0.345 e. The number of anilines is 5. The Bertz CT molecular complexity index is 1960. The molecule has 0 aliphatic carbocycles. The highest BCUT2D eigenvalue weighted by atomic mass is 15.1. The molecule has 2 heteroatoms. The smallest absolute Gasteiger partial charge is 0.0468 e. The molecule has 0 aliphatic heterocycles. The van der Waals surface area contributed by atoms with Gasteiger partial charge >= 0.3 is 0 Å². The topological polar surface area (TPSA) is 6.48 Å². The molecule has 7 rings (SSSR count). The summed E-state index contributed by atoms with van der Waals surface area (Å²) in [5.41, 5.74) is 10.5. The van der Waals surface area contributed by atoms with Gasteiger partial charge in [0.2, 0.25) is 0 Å². The van der Waals surface area contributed by atoms with E-state index in [1.807, 2.05) is 0 Å². The second-order valence-corrected chi connectivity index (χ2v) is 10.8. The molecule has 7 aromatic carbocycles. The maximum atomic E-state index is 2.32. The van der Waals surface area contributed by atoms with Gasteiger partial charge in [-0.05, 0) is 93.7 Å². The van der Waals surface area contributed by atoms with Crippen LogP contribution in [0.1, 0.15) is 0 Å². The van der Waals surface area contributed by atoms with Crippen LogP contribution < -0.4 is 9.80 Å². The Labute approximate surface area is 253 Å². The Morgan fingerprint density at radius 2 is 0.791 bits per heavy atom. The lowest BCUT2D eigenvalue weighted by molar-refractivity contribution is 1.21. The third-order valence-corrected chi connectivity index (χ3v) is 8.06. The van der Waals surface area contributed by atoms with Gasteiger partial charge in [-0.2, -0.15) is 0 Å². The summed E-state index contributed by atoms with van der Waals surface area (Å²) in [5.74, 6) is 0. The molecule has 0 saturated carbocycles. The van der Waals surface area contributed by atoms with Crippen LogP contribution in [0.5, 0.6) is 0 Å². The standard InChI is InChI=1S/C41H32N2/c1-42(40-18-10-15-36(29-40)31-11-4-2-5-12-31)37-24-19-33(20-25-37)34-21-26-39(27-22-34)43(38-16-6-3-7-17-38)41-28-23-32-13-8-9-14-35(32)30-41/h2-30H,1H3. The summed E-state index contributed by atoms with van der Waals surface area (Å²) >= 11 is 0. The lowest BCUT2D eigenvalue weighted by atomic mass is 10.0. The Balaban J connectivity index is 1.15. The quantitative estimate of drug-likeness (QED) is 0.194. The highest BCUT2D eigenvalue weighted by Gasteiger charge is 2.13. The predicted molar refractivity (Wildman–Crippen MR) is 184 cm³/mol. The van der Waals surface area contributed by atoms with Gasteiger partial charge in [0.25, 0.3) is 0 Å². The second kappa shape index (κ2) is 11.7. The molecule has 7 aromatic rings. The first kappa shape index (κ1) is 26.3. The third kappa shape index (κ3) is 5.51. The van der Waals surface area contributed by atoms with Crippen LogP contribution in [-0.2, 0) is 0 Å². The van der Waals surface area contributed by atoms with Gasteiger partial charge < -0.3 is 9.80 Å². The van der Waals surface area contributed by atoms with Crippen molar-refractivity contribution in [2.75, 3.05) is 16.8 Å². The van der Waals surface area contributed by atoms with E-state index in [0.29, 0.717) is 0 Å². The first-order valence-electron chi connectivity index (χ1n) is 14.7. The van der Waals surface area contributed by atoms with Crippen LogP contribution in [0.2, 0.25) is 0 Å². The number of hydrogen-bond acceptors (Lipinski definition) is 2. The van der Waals surface area contributed by atoms with Crippen molar-refractivity contribution in [3.05, 3.63) is 176 Å². The van der Waals surface area contributed by atoms with Crippen LogP contribution in [-0.4, -0.2) is 7.05 Å². The molecular weight excluding hydrogens is 520 g/mol. The molecule has 0 fully saturated rings. The molecule has 0 amide bonds. The van der Waals surface area contributed by atoms with E-state index in [2.05, 4.69) is 193 Å². The lowest BCUT2D eigenvalue weighted by Gasteiger charge is -2.26. The van der Waals surface area contributed by atoms with Crippen LogP contribution in [0.15, 0.2) is 176 Å². The van der Waals surface area contributed by atoms with E-state index in [0.717, 1.165) is 28.4 Å². The minimum absolute atomic E-state index is 1.12. The number of nitrogens with zero attached hydrogens (tertiary/aromatic N) is 2. The zero-order chi connectivity index (χ0) is 29.0. The first-order chi connectivity index (χ1) is 21.2. The van der Waals surface area contributed by atoms with E-state index in [-0.39, 0.29) is 0 Å². The van der Waals surface area contributed by atoms with Gasteiger partial charge in [-0.25, -0.2) is 0 Å². The minimum atomic E-state index is 1.12. The van der Waals surface area contributed by atoms with Crippen molar-refractivity contribution in [3.63, 3.8) is 0 Å². The molecule has 0 N–H and O–H groups in total. The van der Waals surface area contributed by atoms with Gasteiger partial charge in [0.15, 0.2) is 0 Å². The van der Waals surface area contributed by atoms with Gasteiger partial charge in [-0.3, -0.25) is 0 Å². The lowest BCUT2D eigenvalue weighted by Crippen LogP contribution is -2.09. The Morgan fingerprint density at radius 1 is 0.302 bits per heavy atom. The van der Waals surface area contributed by atoms with Crippen molar-refractivity contribution in [2.24, 2.45) is 0 Å². The number of benzene rings is 7. The van der Waals surface area contributed by atoms with Crippen molar-refractivity contribution in [2.45, 2.75) is 0 Å². The fraction of sp³-hybridized carbons (Fsp3) is 0.0244. The maximum Gasteiger partial charge on any atom is 0.0468 e. The molecule has 0 unspecified atom stereocenters. The largest absolute Gasteiger partial charge is 0.345 e.